The van der Waals surface area contributed by atoms with E-state index in [0.717, 1.165) is 21.5 Å². The molecule has 2 rings (SSSR count). The maximum Gasteiger partial charge on any atom is 0.408 e. The van der Waals surface area contributed by atoms with Crippen LogP contribution in [0.3, 0.4) is 0 Å². The van der Waals surface area contributed by atoms with Crippen molar-refractivity contribution in [2.24, 2.45) is 0 Å². The van der Waals surface area contributed by atoms with Crippen LogP contribution in [0.5, 0.6) is 5.75 Å². The molecule has 0 aliphatic rings. The molecule has 2 aromatic rings. The fourth-order valence-corrected chi connectivity index (χ4v) is 3.29. The standard InChI is InChI=1S/C20H22BrNO5S/c21-16-6-8-17(9-7-16)26-11-13-28-12-10-18(19(23)24)22-20(25)27-14-15-4-2-1-3-5-15/h1-9,18H,10-14H2,(H,22,25)(H,23,24). The molecular formula is C20H22BrNO5S. The predicted octanol–water partition coefficient (Wildman–Crippen LogP) is 4.33. The van der Waals surface area contributed by atoms with Crippen molar-refractivity contribution < 1.29 is 24.2 Å². The molecule has 0 fully saturated rings. The average molecular weight is 468 g/mol. The van der Waals surface area contributed by atoms with Gasteiger partial charge in [0.25, 0.3) is 0 Å². The number of aliphatic carboxylic acids is 1. The SMILES string of the molecule is O=C(NC(CCSCCOc1ccc(Br)cc1)C(=O)O)OCc1ccccc1. The fourth-order valence-electron chi connectivity index (χ4n) is 2.22. The molecule has 0 aliphatic heterocycles. The number of rotatable bonds is 11. The number of hydrogen-bond acceptors (Lipinski definition) is 5. The van der Waals surface area contributed by atoms with Gasteiger partial charge >= 0.3 is 12.1 Å². The second kappa shape index (κ2) is 12.3. The monoisotopic (exact) mass is 467 g/mol. The summed E-state index contributed by atoms with van der Waals surface area (Å²) in [5.41, 5.74) is 0.839. The zero-order chi connectivity index (χ0) is 20.2. The molecule has 1 unspecified atom stereocenters. The van der Waals surface area contributed by atoms with Crippen molar-refractivity contribution in [1.82, 2.24) is 5.32 Å². The van der Waals surface area contributed by atoms with Gasteiger partial charge in [-0.3, -0.25) is 0 Å². The molecule has 6 nitrogen and oxygen atoms in total. The first-order chi connectivity index (χ1) is 13.5. The molecular weight excluding hydrogens is 446 g/mol. The molecule has 28 heavy (non-hydrogen) atoms. The third-order valence-corrected chi connectivity index (χ3v) is 5.17. The lowest BCUT2D eigenvalue weighted by Gasteiger charge is -2.14. The van der Waals surface area contributed by atoms with Crippen LogP contribution in [0.25, 0.3) is 0 Å². The Hall–Kier alpha value is -2.19. The third kappa shape index (κ3) is 8.67. The second-order valence-corrected chi connectivity index (χ2v) is 7.94. The Kier molecular flexibility index (Phi) is 9.71. The van der Waals surface area contributed by atoms with Crippen molar-refractivity contribution >= 4 is 39.8 Å². The number of alkyl carbamates (subject to hydrolysis) is 1. The van der Waals surface area contributed by atoms with Crippen LogP contribution in [0.2, 0.25) is 0 Å². The molecule has 0 aliphatic carbocycles. The highest BCUT2D eigenvalue weighted by molar-refractivity contribution is 9.10. The Bertz CT molecular complexity index is 742. The van der Waals surface area contributed by atoms with E-state index in [9.17, 15) is 14.7 Å². The number of benzene rings is 2. The summed E-state index contributed by atoms with van der Waals surface area (Å²) in [4.78, 5) is 23.2. The Balaban J connectivity index is 1.61. The van der Waals surface area contributed by atoms with E-state index < -0.39 is 18.1 Å². The molecule has 2 aromatic carbocycles. The van der Waals surface area contributed by atoms with Crippen molar-refractivity contribution in [3.63, 3.8) is 0 Å². The van der Waals surface area contributed by atoms with Crippen LogP contribution in [0.1, 0.15) is 12.0 Å². The van der Waals surface area contributed by atoms with Crippen molar-refractivity contribution in [3.8, 4) is 5.75 Å². The number of carboxylic acid groups (broad SMARTS) is 1. The van der Waals surface area contributed by atoms with Crippen LogP contribution in [0.4, 0.5) is 4.79 Å². The van der Waals surface area contributed by atoms with Gasteiger partial charge in [-0.05, 0) is 42.0 Å². The summed E-state index contributed by atoms with van der Waals surface area (Å²) < 4.78 is 11.7. The van der Waals surface area contributed by atoms with Crippen LogP contribution in [-0.2, 0) is 16.1 Å². The molecule has 8 heteroatoms. The maximum absolute atomic E-state index is 11.8. The second-order valence-electron chi connectivity index (χ2n) is 5.80. The lowest BCUT2D eigenvalue weighted by Crippen LogP contribution is -2.41. The smallest absolute Gasteiger partial charge is 0.408 e. The lowest BCUT2D eigenvalue weighted by molar-refractivity contribution is -0.139. The minimum absolute atomic E-state index is 0.0984. The summed E-state index contributed by atoms with van der Waals surface area (Å²) in [6.45, 7) is 0.623. The van der Waals surface area contributed by atoms with E-state index in [1.54, 1.807) is 11.8 Å². The number of hydrogen-bond donors (Lipinski definition) is 2. The van der Waals surface area contributed by atoms with E-state index in [1.165, 1.54) is 0 Å². The molecule has 150 valence electrons. The van der Waals surface area contributed by atoms with Gasteiger partial charge in [-0.25, -0.2) is 9.59 Å². The Morgan fingerprint density at radius 2 is 1.79 bits per heavy atom. The highest BCUT2D eigenvalue weighted by Crippen LogP contribution is 2.16. The molecule has 0 saturated heterocycles. The predicted molar refractivity (Wildman–Crippen MR) is 113 cm³/mol. The number of carbonyl (C=O) groups is 2. The Labute approximate surface area is 176 Å². The maximum atomic E-state index is 11.8. The fraction of sp³-hybridized carbons (Fsp3) is 0.300. The van der Waals surface area contributed by atoms with E-state index in [1.807, 2.05) is 54.6 Å². The summed E-state index contributed by atoms with van der Waals surface area (Å²) in [5.74, 6) is 1.01. The molecule has 2 N–H and O–H groups in total. The minimum atomic E-state index is -1.08. The summed E-state index contributed by atoms with van der Waals surface area (Å²) in [6.07, 6.45) is -0.432. The molecule has 0 radical (unpaired) electrons. The third-order valence-electron chi connectivity index (χ3n) is 3.66. The first kappa shape index (κ1) is 22.1. The minimum Gasteiger partial charge on any atom is -0.493 e. The summed E-state index contributed by atoms with van der Waals surface area (Å²) in [7, 11) is 0. The number of carboxylic acids is 1. The van der Waals surface area contributed by atoms with Crippen molar-refractivity contribution in [3.05, 3.63) is 64.6 Å². The average Bonchev–Trinajstić information content (AvgIpc) is 2.70. The highest BCUT2D eigenvalue weighted by atomic mass is 79.9. The van der Waals surface area contributed by atoms with Gasteiger partial charge in [0.2, 0.25) is 0 Å². The van der Waals surface area contributed by atoms with Gasteiger partial charge in [0.05, 0.1) is 6.61 Å². The van der Waals surface area contributed by atoms with Gasteiger partial charge in [-0.2, -0.15) is 11.8 Å². The number of carbonyl (C=O) groups excluding carboxylic acids is 1. The zero-order valence-corrected chi connectivity index (χ0v) is 17.6. The number of thioether (sulfide) groups is 1. The van der Waals surface area contributed by atoms with Gasteiger partial charge in [-0.15, -0.1) is 0 Å². The first-order valence-electron chi connectivity index (χ1n) is 8.70. The number of halogens is 1. The van der Waals surface area contributed by atoms with Crippen molar-refractivity contribution in [2.75, 3.05) is 18.1 Å². The lowest BCUT2D eigenvalue weighted by atomic mass is 10.2. The van der Waals surface area contributed by atoms with E-state index in [4.69, 9.17) is 9.47 Å². The molecule has 0 heterocycles. The van der Waals surface area contributed by atoms with Crippen LogP contribution < -0.4 is 10.1 Å². The molecule has 0 spiro atoms. The van der Waals surface area contributed by atoms with Crippen LogP contribution in [-0.4, -0.2) is 41.3 Å². The molecule has 1 amide bonds. The van der Waals surface area contributed by atoms with Gasteiger partial charge in [0, 0.05) is 10.2 Å². The van der Waals surface area contributed by atoms with Gasteiger partial charge in [-0.1, -0.05) is 46.3 Å². The zero-order valence-electron chi connectivity index (χ0n) is 15.2. The molecule has 0 bridgehead atoms. The quantitative estimate of drug-likeness (QED) is 0.478. The van der Waals surface area contributed by atoms with Crippen LogP contribution in [0, 0.1) is 0 Å². The summed E-state index contributed by atoms with van der Waals surface area (Å²) >= 11 is 4.93. The molecule has 1 atom stereocenters. The summed E-state index contributed by atoms with van der Waals surface area (Å²) in [5, 5.41) is 11.7. The Morgan fingerprint density at radius 3 is 2.46 bits per heavy atom. The van der Waals surface area contributed by atoms with Gasteiger partial charge < -0.3 is 19.9 Å². The molecule has 0 saturated carbocycles. The van der Waals surface area contributed by atoms with E-state index in [-0.39, 0.29) is 6.61 Å². The largest absolute Gasteiger partial charge is 0.493 e. The highest BCUT2D eigenvalue weighted by Gasteiger charge is 2.20. The van der Waals surface area contributed by atoms with Crippen molar-refractivity contribution in [1.29, 1.82) is 0 Å². The summed E-state index contributed by atoms with van der Waals surface area (Å²) in [6, 6.07) is 15.8. The topological polar surface area (TPSA) is 84.9 Å². The first-order valence-corrected chi connectivity index (χ1v) is 10.7. The van der Waals surface area contributed by atoms with E-state index in [0.29, 0.717) is 18.8 Å². The van der Waals surface area contributed by atoms with Gasteiger partial charge in [0.1, 0.15) is 18.4 Å². The normalized spacial score (nSPS) is 11.5. The van der Waals surface area contributed by atoms with E-state index >= 15 is 0 Å². The number of amides is 1. The van der Waals surface area contributed by atoms with E-state index in [2.05, 4.69) is 21.2 Å². The molecule has 0 aromatic heterocycles. The Morgan fingerprint density at radius 1 is 1.07 bits per heavy atom. The van der Waals surface area contributed by atoms with Crippen LogP contribution in [0.15, 0.2) is 59.1 Å². The number of ether oxygens (including phenoxy) is 2. The van der Waals surface area contributed by atoms with Gasteiger partial charge in [0.15, 0.2) is 0 Å². The van der Waals surface area contributed by atoms with Crippen LogP contribution >= 0.6 is 27.7 Å². The number of nitrogens with one attached hydrogen (secondary N) is 1. The van der Waals surface area contributed by atoms with Crippen molar-refractivity contribution in [2.45, 2.75) is 19.1 Å².